The molecule has 0 aliphatic carbocycles. The maximum absolute atomic E-state index is 11.6. The van der Waals surface area contributed by atoms with Gasteiger partial charge in [0.2, 0.25) is 5.91 Å². The van der Waals surface area contributed by atoms with E-state index >= 15 is 0 Å². The van der Waals surface area contributed by atoms with E-state index in [0.29, 0.717) is 6.42 Å². The third kappa shape index (κ3) is 2.86. The summed E-state index contributed by atoms with van der Waals surface area (Å²) in [5, 5.41) is 5.97. The molecule has 0 aromatic heterocycles. The second-order valence-electron chi connectivity index (χ2n) is 5.16. The van der Waals surface area contributed by atoms with Crippen molar-refractivity contribution in [2.45, 2.75) is 32.2 Å². The number of nitrogens with one attached hydrogen (secondary N) is 2. The van der Waals surface area contributed by atoms with E-state index in [9.17, 15) is 9.59 Å². The summed E-state index contributed by atoms with van der Waals surface area (Å²) >= 11 is 0. The van der Waals surface area contributed by atoms with E-state index in [-0.39, 0.29) is 11.9 Å². The van der Waals surface area contributed by atoms with Gasteiger partial charge in [0.15, 0.2) is 0 Å². The standard InChI is InChI=1S/C14H18N2O3/c1-14(2,13(18)19-3)16-10-5-6-11-9(8-10)4-7-12(17)15-11/h5-6,8,16H,4,7H2,1-3H3,(H,15,17). The van der Waals surface area contributed by atoms with Crippen molar-refractivity contribution in [3.8, 4) is 0 Å². The Labute approximate surface area is 112 Å². The average molecular weight is 262 g/mol. The van der Waals surface area contributed by atoms with Gasteiger partial charge in [-0.1, -0.05) is 0 Å². The van der Waals surface area contributed by atoms with Crippen LogP contribution in [0.5, 0.6) is 0 Å². The number of aryl methyl sites for hydroxylation is 1. The smallest absolute Gasteiger partial charge is 0.330 e. The molecule has 1 aromatic carbocycles. The Balaban J connectivity index is 2.19. The van der Waals surface area contributed by atoms with Crippen LogP contribution in [0.2, 0.25) is 0 Å². The Kier molecular flexibility index (Phi) is 3.46. The third-order valence-corrected chi connectivity index (χ3v) is 3.15. The number of fused-ring (bicyclic) bond motifs is 1. The lowest BCUT2D eigenvalue weighted by molar-refractivity contribution is -0.144. The molecule has 0 unspecified atom stereocenters. The van der Waals surface area contributed by atoms with Crippen molar-refractivity contribution in [3.63, 3.8) is 0 Å². The van der Waals surface area contributed by atoms with Gasteiger partial charge < -0.3 is 15.4 Å². The molecule has 1 heterocycles. The molecule has 102 valence electrons. The Morgan fingerprint density at radius 3 is 2.79 bits per heavy atom. The van der Waals surface area contributed by atoms with Crippen molar-refractivity contribution in [1.82, 2.24) is 0 Å². The fourth-order valence-electron chi connectivity index (χ4n) is 2.13. The van der Waals surface area contributed by atoms with Crippen LogP contribution in [0.3, 0.4) is 0 Å². The second-order valence-corrected chi connectivity index (χ2v) is 5.16. The van der Waals surface area contributed by atoms with Gasteiger partial charge in [0.05, 0.1) is 7.11 Å². The average Bonchev–Trinajstić information content (AvgIpc) is 2.37. The van der Waals surface area contributed by atoms with Gasteiger partial charge in [-0.15, -0.1) is 0 Å². The van der Waals surface area contributed by atoms with Crippen LogP contribution in [-0.2, 0) is 20.7 Å². The lowest BCUT2D eigenvalue weighted by Crippen LogP contribution is -2.41. The minimum atomic E-state index is -0.791. The fraction of sp³-hybridized carbons (Fsp3) is 0.429. The first-order chi connectivity index (χ1) is 8.92. The monoisotopic (exact) mass is 262 g/mol. The molecule has 1 aliphatic rings. The lowest BCUT2D eigenvalue weighted by atomic mass is 10.0. The topological polar surface area (TPSA) is 67.4 Å². The van der Waals surface area contributed by atoms with Crippen molar-refractivity contribution in [3.05, 3.63) is 23.8 Å². The van der Waals surface area contributed by atoms with Crippen LogP contribution >= 0.6 is 0 Å². The SMILES string of the molecule is COC(=O)C(C)(C)Nc1ccc2c(c1)CCC(=O)N2. The van der Waals surface area contributed by atoms with Crippen LogP contribution in [0.15, 0.2) is 18.2 Å². The first kappa shape index (κ1) is 13.4. The molecule has 2 rings (SSSR count). The molecular weight excluding hydrogens is 244 g/mol. The summed E-state index contributed by atoms with van der Waals surface area (Å²) in [4.78, 5) is 22.9. The number of carbonyl (C=O) groups excluding carboxylic acids is 2. The number of ether oxygens (including phenoxy) is 1. The maximum atomic E-state index is 11.6. The van der Waals surface area contributed by atoms with E-state index in [1.165, 1.54) is 7.11 Å². The molecule has 1 aromatic rings. The zero-order chi connectivity index (χ0) is 14.0. The summed E-state index contributed by atoms with van der Waals surface area (Å²) in [6.45, 7) is 3.53. The number of amides is 1. The van der Waals surface area contributed by atoms with Crippen LogP contribution in [0.4, 0.5) is 11.4 Å². The van der Waals surface area contributed by atoms with Crippen molar-refractivity contribution in [2.24, 2.45) is 0 Å². The molecule has 2 N–H and O–H groups in total. The Morgan fingerprint density at radius 1 is 1.37 bits per heavy atom. The number of anilines is 2. The number of rotatable bonds is 3. The Hall–Kier alpha value is -2.04. The van der Waals surface area contributed by atoms with E-state index in [2.05, 4.69) is 10.6 Å². The number of carbonyl (C=O) groups is 2. The normalized spacial score (nSPS) is 14.4. The highest BCUT2D eigenvalue weighted by Gasteiger charge is 2.28. The van der Waals surface area contributed by atoms with Gasteiger partial charge >= 0.3 is 5.97 Å². The lowest BCUT2D eigenvalue weighted by Gasteiger charge is -2.25. The van der Waals surface area contributed by atoms with Crippen molar-refractivity contribution < 1.29 is 14.3 Å². The largest absolute Gasteiger partial charge is 0.467 e. The molecule has 19 heavy (non-hydrogen) atoms. The maximum Gasteiger partial charge on any atom is 0.330 e. The van der Waals surface area contributed by atoms with Crippen LogP contribution in [0, 0.1) is 0 Å². The fourth-order valence-corrected chi connectivity index (χ4v) is 2.13. The zero-order valence-corrected chi connectivity index (χ0v) is 11.4. The molecule has 1 amide bonds. The third-order valence-electron chi connectivity index (χ3n) is 3.15. The van der Waals surface area contributed by atoms with Gasteiger partial charge in [0.25, 0.3) is 0 Å². The van der Waals surface area contributed by atoms with Crippen molar-refractivity contribution >= 4 is 23.3 Å². The zero-order valence-electron chi connectivity index (χ0n) is 11.4. The number of hydrogen-bond donors (Lipinski definition) is 2. The highest BCUT2D eigenvalue weighted by molar-refractivity contribution is 5.94. The quantitative estimate of drug-likeness (QED) is 0.817. The first-order valence-electron chi connectivity index (χ1n) is 6.22. The molecule has 0 saturated carbocycles. The molecular formula is C14H18N2O3. The van der Waals surface area contributed by atoms with Crippen LogP contribution in [0.1, 0.15) is 25.8 Å². The highest BCUT2D eigenvalue weighted by Crippen LogP contribution is 2.27. The van der Waals surface area contributed by atoms with Gasteiger partial charge in [-0.05, 0) is 44.0 Å². The van der Waals surface area contributed by atoms with Crippen LogP contribution < -0.4 is 10.6 Å². The van der Waals surface area contributed by atoms with E-state index in [0.717, 1.165) is 23.4 Å². The summed E-state index contributed by atoms with van der Waals surface area (Å²) in [5.74, 6) is -0.276. The molecule has 5 heteroatoms. The highest BCUT2D eigenvalue weighted by atomic mass is 16.5. The van der Waals surface area contributed by atoms with Gasteiger partial charge in [0, 0.05) is 17.8 Å². The first-order valence-corrected chi connectivity index (χ1v) is 6.22. The molecule has 0 atom stereocenters. The Bertz CT molecular complexity index is 523. The van der Waals surface area contributed by atoms with E-state index in [1.807, 2.05) is 18.2 Å². The summed E-state index contributed by atoms with van der Waals surface area (Å²) in [6, 6.07) is 5.65. The van der Waals surface area contributed by atoms with Crippen LogP contribution in [-0.4, -0.2) is 24.5 Å². The summed E-state index contributed by atoms with van der Waals surface area (Å²) in [6.07, 6.45) is 1.21. The predicted octanol–water partition coefficient (Wildman–Crippen LogP) is 1.93. The van der Waals surface area contributed by atoms with Crippen molar-refractivity contribution in [2.75, 3.05) is 17.7 Å². The Morgan fingerprint density at radius 2 is 2.11 bits per heavy atom. The van der Waals surface area contributed by atoms with Gasteiger partial charge in [0.1, 0.15) is 5.54 Å². The molecule has 0 bridgehead atoms. The van der Waals surface area contributed by atoms with Crippen LogP contribution in [0.25, 0.3) is 0 Å². The summed E-state index contributed by atoms with van der Waals surface area (Å²) in [5.41, 5.74) is 1.97. The molecule has 0 radical (unpaired) electrons. The molecule has 1 aliphatic heterocycles. The van der Waals surface area contributed by atoms with E-state index in [1.54, 1.807) is 13.8 Å². The molecule has 0 saturated heterocycles. The van der Waals surface area contributed by atoms with Gasteiger partial charge in [-0.3, -0.25) is 4.79 Å². The molecule has 0 fully saturated rings. The number of benzene rings is 1. The van der Waals surface area contributed by atoms with E-state index in [4.69, 9.17) is 4.74 Å². The van der Waals surface area contributed by atoms with Gasteiger partial charge in [-0.2, -0.15) is 0 Å². The number of methoxy groups -OCH3 is 1. The summed E-state index contributed by atoms with van der Waals surface area (Å²) < 4.78 is 4.76. The number of esters is 1. The minimum Gasteiger partial charge on any atom is -0.467 e. The molecule has 0 spiro atoms. The van der Waals surface area contributed by atoms with E-state index < -0.39 is 5.54 Å². The predicted molar refractivity (Wildman–Crippen MR) is 73.1 cm³/mol. The van der Waals surface area contributed by atoms with Crippen molar-refractivity contribution in [1.29, 1.82) is 0 Å². The van der Waals surface area contributed by atoms with Gasteiger partial charge in [-0.25, -0.2) is 4.79 Å². The minimum absolute atomic E-state index is 0.0445. The number of hydrogen-bond acceptors (Lipinski definition) is 4. The molecule has 5 nitrogen and oxygen atoms in total. The second kappa shape index (κ2) is 4.91. The summed E-state index contributed by atoms with van der Waals surface area (Å²) in [7, 11) is 1.37.